The third-order valence-corrected chi connectivity index (χ3v) is 8.37. The van der Waals surface area contributed by atoms with Crippen LogP contribution >= 0.6 is 0 Å². The topological polar surface area (TPSA) is 81.7 Å². The summed E-state index contributed by atoms with van der Waals surface area (Å²) in [7, 11) is -4.71. The molecule has 1 unspecified atom stereocenters. The van der Waals surface area contributed by atoms with E-state index in [4.69, 9.17) is 9.57 Å². The van der Waals surface area contributed by atoms with E-state index in [1.807, 2.05) is 13.8 Å². The zero-order valence-corrected chi connectivity index (χ0v) is 21.0. The fourth-order valence-corrected chi connectivity index (χ4v) is 5.84. The van der Waals surface area contributed by atoms with Crippen LogP contribution in [0.3, 0.4) is 0 Å². The van der Waals surface area contributed by atoms with Crippen LogP contribution in [-0.4, -0.2) is 38.2 Å². The van der Waals surface area contributed by atoms with Crippen LogP contribution < -0.4 is 10.2 Å². The minimum atomic E-state index is -4.71. The molecule has 2 aromatic rings. The van der Waals surface area contributed by atoms with Crippen molar-refractivity contribution in [2.45, 2.75) is 74.2 Å². The first-order valence-corrected chi connectivity index (χ1v) is 13.6. The van der Waals surface area contributed by atoms with Gasteiger partial charge in [-0.2, -0.15) is 8.78 Å². The molecule has 1 fully saturated rings. The molecule has 0 amide bonds. The van der Waals surface area contributed by atoms with Crippen molar-refractivity contribution in [1.29, 1.82) is 0 Å². The molecule has 0 bridgehead atoms. The number of carbonyl (C=O) groups excluding carboxylic acids is 1. The van der Waals surface area contributed by atoms with E-state index in [9.17, 15) is 26.4 Å². The first-order chi connectivity index (χ1) is 17.0. The van der Waals surface area contributed by atoms with Crippen molar-refractivity contribution in [2.75, 3.05) is 6.54 Å². The maximum Gasteiger partial charge on any atom is 0.341 e. The number of alkyl halides is 2. The Hall–Kier alpha value is -2.43. The van der Waals surface area contributed by atoms with Crippen molar-refractivity contribution in [3.8, 4) is 5.75 Å². The van der Waals surface area contributed by atoms with Crippen LogP contribution in [0.4, 0.5) is 13.2 Å². The number of sulfone groups is 1. The quantitative estimate of drug-likeness (QED) is 0.366. The lowest BCUT2D eigenvalue weighted by atomic mass is 9.70. The fraction of sp³-hybridized carbons (Fsp3) is 0.500. The average Bonchev–Trinajstić information content (AvgIpc) is 2.84. The first kappa shape index (κ1) is 26.6. The predicted octanol–water partition coefficient (Wildman–Crippen LogP) is 5.43. The number of Topliss-reactive ketones (excluding diaryl/α,β-unsaturated/α-hetero) is 1. The van der Waals surface area contributed by atoms with E-state index in [1.165, 1.54) is 24.3 Å². The lowest BCUT2D eigenvalue weighted by molar-refractivity contribution is -0.0312. The van der Waals surface area contributed by atoms with E-state index in [0.29, 0.717) is 50.0 Å². The molecule has 1 aliphatic heterocycles. The summed E-state index contributed by atoms with van der Waals surface area (Å²) >= 11 is 0. The SMILES string of the molecule is CC(C)ONCC1CC2(CCC(C(=O)c3ccc(S(=O)(=O)C(F)F)cc3)CC2)Oc2ccc(F)cc21. The monoisotopic (exact) mass is 525 g/mol. The lowest BCUT2D eigenvalue weighted by Crippen LogP contribution is -2.46. The molecule has 1 saturated carbocycles. The van der Waals surface area contributed by atoms with E-state index in [-0.39, 0.29) is 29.5 Å². The zero-order valence-electron chi connectivity index (χ0n) is 20.2. The highest BCUT2D eigenvalue weighted by Gasteiger charge is 2.45. The number of ketones is 1. The maximum absolute atomic E-state index is 14.0. The Balaban J connectivity index is 1.45. The Morgan fingerprint density at radius 3 is 2.42 bits per heavy atom. The van der Waals surface area contributed by atoms with Crippen molar-refractivity contribution in [3.63, 3.8) is 0 Å². The molecule has 0 radical (unpaired) electrons. The third kappa shape index (κ3) is 5.60. The van der Waals surface area contributed by atoms with Gasteiger partial charge in [-0.1, -0.05) is 12.1 Å². The largest absolute Gasteiger partial charge is 0.487 e. The zero-order chi connectivity index (χ0) is 26.1. The van der Waals surface area contributed by atoms with Gasteiger partial charge in [-0.05, 0) is 76.3 Å². The molecular weight excluding hydrogens is 495 g/mol. The molecule has 10 heteroatoms. The molecule has 1 spiro atoms. The highest BCUT2D eigenvalue weighted by molar-refractivity contribution is 7.91. The molecule has 0 saturated heterocycles. The Bertz CT molecular complexity index is 1190. The van der Waals surface area contributed by atoms with Gasteiger partial charge in [0, 0.05) is 29.5 Å². The second-order valence-corrected chi connectivity index (χ2v) is 11.8. The summed E-state index contributed by atoms with van der Waals surface area (Å²) in [6.45, 7) is 4.32. The predicted molar refractivity (Wildman–Crippen MR) is 127 cm³/mol. The molecule has 1 N–H and O–H groups in total. The summed E-state index contributed by atoms with van der Waals surface area (Å²) in [5.41, 5.74) is 3.58. The van der Waals surface area contributed by atoms with Crippen molar-refractivity contribution in [1.82, 2.24) is 5.48 Å². The number of ether oxygens (including phenoxy) is 1. The number of hydrogen-bond acceptors (Lipinski definition) is 6. The molecule has 0 aromatic heterocycles. The van der Waals surface area contributed by atoms with Crippen molar-refractivity contribution < 1.29 is 36.0 Å². The van der Waals surface area contributed by atoms with E-state index in [1.54, 1.807) is 6.07 Å². The van der Waals surface area contributed by atoms with E-state index in [0.717, 1.165) is 17.7 Å². The normalized spacial score (nSPS) is 24.1. The van der Waals surface area contributed by atoms with Crippen LogP contribution in [0.15, 0.2) is 47.4 Å². The number of hydrogen-bond donors (Lipinski definition) is 1. The number of rotatable bonds is 8. The minimum Gasteiger partial charge on any atom is -0.487 e. The van der Waals surface area contributed by atoms with E-state index < -0.39 is 26.1 Å². The van der Waals surface area contributed by atoms with Crippen molar-refractivity contribution in [2.24, 2.45) is 5.92 Å². The van der Waals surface area contributed by atoms with Crippen LogP contribution in [0.1, 0.15) is 67.8 Å². The highest BCUT2D eigenvalue weighted by Crippen LogP contribution is 2.48. The van der Waals surface area contributed by atoms with Crippen LogP contribution in [-0.2, 0) is 14.7 Å². The van der Waals surface area contributed by atoms with Crippen LogP contribution in [0.2, 0.25) is 0 Å². The molecule has 1 aliphatic carbocycles. The minimum absolute atomic E-state index is 0.00298. The summed E-state index contributed by atoms with van der Waals surface area (Å²) in [4.78, 5) is 18.1. The second kappa shape index (κ2) is 10.5. The summed E-state index contributed by atoms with van der Waals surface area (Å²) in [6.07, 6.45) is 3.03. The summed E-state index contributed by atoms with van der Waals surface area (Å²) in [6, 6.07) is 9.21. The Morgan fingerprint density at radius 2 is 1.81 bits per heavy atom. The molecule has 196 valence electrons. The Labute approximate surface area is 209 Å². The Morgan fingerprint density at radius 1 is 1.14 bits per heavy atom. The number of hydroxylamine groups is 1. The van der Waals surface area contributed by atoms with Gasteiger partial charge in [-0.25, -0.2) is 18.3 Å². The van der Waals surface area contributed by atoms with Crippen LogP contribution in [0, 0.1) is 11.7 Å². The molecule has 1 atom stereocenters. The van der Waals surface area contributed by atoms with Crippen LogP contribution in [0.5, 0.6) is 5.75 Å². The number of fused-ring (bicyclic) bond motifs is 1. The molecule has 6 nitrogen and oxygen atoms in total. The van der Waals surface area contributed by atoms with Gasteiger partial charge < -0.3 is 4.74 Å². The maximum atomic E-state index is 14.0. The van der Waals surface area contributed by atoms with Gasteiger partial charge >= 0.3 is 5.76 Å². The van der Waals surface area contributed by atoms with Gasteiger partial charge in [-0.15, -0.1) is 0 Å². The molecule has 1 heterocycles. The van der Waals surface area contributed by atoms with Gasteiger partial charge in [0.15, 0.2) is 5.78 Å². The molecule has 4 rings (SSSR count). The smallest absolute Gasteiger partial charge is 0.341 e. The summed E-state index contributed by atoms with van der Waals surface area (Å²) < 4.78 is 69.2. The standard InChI is InChI=1S/C26H30F3NO5S/c1-16(2)35-30-15-19-14-26(34-23-8-5-20(27)13-22(19)23)11-9-18(10-12-26)24(31)17-3-6-21(7-4-17)36(32,33)25(28)29/h3-8,13,16,18-19,25,30H,9-12,14-15H2,1-2H3. The average molecular weight is 526 g/mol. The molecule has 2 aromatic carbocycles. The number of halogens is 3. The van der Waals surface area contributed by atoms with Crippen molar-refractivity contribution in [3.05, 3.63) is 59.4 Å². The highest BCUT2D eigenvalue weighted by atomic mass is 32.2. The lowest BCUT2D eigenvalue weighted by Gasteiger charge is -2.46. The number of nitrogens with one attached hydrogen (secondary N) is 1. The third-order valence-electron chi connectivity index (χ3n) is 6.97. The van der Waals surface area contributed by atoms with Gasteiger partial charge in [0.25, 0.3) is 0 Å². The second-order valence-electron chi connectivity index (χ2n) is 9.85. The van der Waals surface area contributed by atoms with Gasteiger partial charge in [0.2, 0.25) is 9.84 Å². The summed E-state index contributed by atoms with van der Waals surface area (Å²) in [5, 5.41) is 0. The van der Waals surface area contributed by atoms with Crippen LogP contribution in [0.25, 0.3) is 0 Å². The fourth-order valence-electron chi connectivity index (χ4n) is 5.12. The molecule has 36 heavy (non-hydrogen) atoms. The molecule has 2 aliphatic rings. The summed E-state index contributed by atoms with van der Waals surface area (Å²) in [5.74, 6) is -3.66. The Kier molecular flexibility index (Phi) is 7.78. The van der Waals surface area contributed by atoms with Gasteiger partial charge in [0.05, 0.1) is 11.0 Å². The molecular formula is C26H30F3NO5S. The van der Waals surface area contributed by atoms with Gasteiger partial charge in [0.1, 0.15) is 17.2 Å². The first-order valence-electron chi connectivity index (χ1n) is 12.0. The van der Waals surface area contributed by atoms with Gasteiger partial charge in [-0.3, -0.25) is 9.63 Å². The number of carbonyl (C=O) groups is 1. The van der Waals surface area contributed by atoms with E-state index in [2.05, 4.69) is 5.48 Å². The van der Waals surface area contributed by atoms with Crippen molar-refractivity contribution >= 4 is 15.6 Å². The van der Waals surface area contributed by atoms with E-state index >= 15 is 0 Å². The number of benzene rings is 2.